The van der Waals surface area contributed by atoms with Crippen molar-refractivity contribution in [2.75, 3.05) is 0 Å². The number of ether oxygens (including phenoxy) is 2. The Morgan fingerprint density at radius 1 is 0.725 bits per heavy atom. The van der Waals surface area contributed by atoms with Gasteiger partial charge >= 0.3 is 11.9 Å². The molecule has 0 bridgehead atoms. The van der Waals surface area contributed by atoms with E-state index in [2.05, 4.69) is 6.92 Å². The number of carbonyl (C=O) groups is 2. The molecule has 0 aliphatic rings. The van der Waals surface area contributed by atoms with Crippen LogP contribution >= 0.6 is 23.2 Å². The number of unbranched alkanes of at least 4 members (excludes halogenated alkanes) is 7. The zero-order valence-corrected chi connectivity index (χ0v) is 25.3. The molecular weight excluding hydrogens is 543 g/mol. The van der Waals surface area contributed by atoms with E-state index in [1.165, 1.54) is 44.9 Å². The van der Waals surface area contributed by atoms with Gasteiger partial charge in [0.2, 0.25) is 0 Å². The molecule has 0 fully saturated rings. The molecule has 0 saturated carbocycles. The highest BCUT2D eigenvalue weighted by Crippen LogP contribution is 2.27. The minimum absolute atomic E-state index is 0.0121. The molecule has 0 aliphatic heterocycles. The van der Waals surface area contributed by atoms with Crippen LogP contribution in [0, 0.1) is 5.92 Å². The number of rotatable bonds is 15. The lowest BCUT2D eigenvalue weighted by Gasteiger charge is -2.12. The summed E-state index contributed by atoms with van der Waals surface area (Å²) in [5.41, 5.74) is 3.36. The van der Waals surface area contributed by atoms with Gasteiger partial charge in [0.05, 0.1) is 5.56 Å². The van der Waals surface area contributed by atoms with Crippen molar-refractivity contribution >= 4 is 35.1 Å². The van der Waals surface area contributed by atoms with Crippen LogP contribution in [0.25, 0.3) is 11.1 Å². The fourth-order valence-corrected chi connectivity index (χ4v) is 4.69. The van der Waals surface area contributed by atoms with Crippen molar-refractivity contribution in [3.05, 3.63) is 82.9 Å². The fraction of sp³-hybridized carbons (Fsp3) is 0.412. The highest BCUT2D eigenvalue weighted by molar-refractivity contribution is 6.31. The van der Waals surface area contributed by atoms with Gasteiger partial charge in [0.1, 0.15) is 16.9 Å². The SMILES string of the molecule is CCCCCCCCCCc1ccc(C(=O)Oc2ccc(-c3ccc(OC(=O)C(Cl)C(C)C)cc3)cc2)cc1Cl. The topological polar surface area (TPSA) is 52.6 Å². The lowest BCUT2D eigenvalue weighted by atomic mass is 10.0. The predicted octanol–water partition coefficient (Wildman–Crippen LogP) is 10.1. The largest absolute Gasteiger partial charge is 0.425 e. The number of aryl methyl sites for hydroxylation is 1. The van der Waals surface area contributed by atoms with Gasteiger partial charge in [-0.15, -0.1) is 11.6 Å². The van der Waals surface area contributed by atoms with Crippen LogP contribution < -0.4 is 9.47 Å². The van der Waals surface area contributed by atoms with Crippen molar-refractivity contribution in [3.63, 3.8) is 0 Å². The third kappa shape index (κ3) is 9.98. The van der Waals surface area contributed by atoms with Crippen LogP contribution in [0.15, 0.2) is 66.7 Å². The number of esters is 2. The average Bonchev–Trinajstić information content (AvgIpc) is 2.95. The monoisotopic (exact) mass is 582 g/mol. The first kappa shape index (κ1) is 31.7. The van der Waals surface area contributed by atoms with Crippen LogP contribution in [0.4, 0.5) is 0 Å². The highest BCUT2D eigenvalue weighted by Gasteiger charge is 2.21. The molecule has 214 valence electrons. The Bertz CT molecular complexity index is 1220. The van der Waals surface area contributed by atoms with E-state index in [0.717, 1.165) is 29.5 Å². The van der Waals surface area contributed by atoms with Crippen molar-refractivity contribution in [3.8, 4) is 22.6 Å². The highest BCUT2D eigenvalue weighted by atomic mass is 35.5. The molecule has 3 aromatic carbocycles. The first-order valence-electron chi connectivity index (χ1n) is 14.4. The van der Waals surface area contributed by atoms with Crippen molar-refractivity contribution in [2.24, 2.45) is 5.92 Å². The zero-order valence-electron chi connectivity index (χ0n) is 23.8. The van der Waals surface area contributed by atoms with E-state index < -0.39 is 17.3 Å². The quantitative estimate of drug-likeness (QED) is 0.0773. The molecule has 3 aromatic rings. The van der Waals surface area contributed by atoms with Crippen molar-refractivity contribution < 1.29 is 19.1 Å². The van der Waals surface area contributed by atoms with Crippen LogP contribution in [-0.2, 0) is 11.2 Å². The first-order valence-corrected chi connectivity index (χ1v) is 15.2. The number of halogens is 2. The van der Waals surface area contributed by atoms with E-state index in [4.69, 9.17) is 32.7 Å². The second kappa shape index (κ2) is 16.4. The molecule has 3 rings (SSSR count). The van der Waals surface area contributed by atoms with Crippen LogP contribution in [0.1, 0.15) is 88.1 Å². The average molecular weight is 584 g/mol. The molecule has 0 radical (unpaired) electrons. The predicted molar refractivity (Wildman–Crippen MR) is 165 cm³/mol. The first-order chi connectivity index (χ1) is 19.3. The Hall–Kier alpha value is -2.82. The smallest absolute Gasteiger partial charge is 0.343 e. The summed E-state index contributed by atoms with van der Waals surface area (Å²) in [6, 6.07) is 19.8. The number of alkyl halides is 1. The molecule has 0 N–H and O–H groups in total. The van der Waals surface area contributed by atoms with Crippen LogP contribution in [0.5, 0.6) is 11.5 Å². The molecule has 40 heavy (non-hydrogen) atoms. The maximum absolute atomic E-state index is 12.7. The Balaban J connectivity index is 1.49. The molecule has 1 atom stereocenters. The number of hydrogen-bond donors (Lipinski definition) is 0. The summed E-state index contributed by atoms with van der Waals surface area (Å²) < 4.78 is 10.9. The molecule has 0 amide bonds. The zero-order chi connectivity index (χ0) is 28.9. The normalized spacial score (nSPS) is 11.8. The second-order valence-electron chi connectivity index (χ2n) is 10.5. The van der Waals surface area contributed by atoms with Gasteiger partial charge in [-0.1, -0.05) is 108 Å². The lowest BCUT2D eigenvalue weighted by Crippen LogP contribution is -2.25. The van der Waals surface area contributed by atoms with E-state index in [1.54, 1.807) is 36.4 Å². The Kier molecular flexibility index (Phi) is 13.0. The van der Waals surface area contributed by atoms with Crippen molar-refractivity contribution in [1.82, 2.24) is 0 Å². The lowest BCUT2D eigenvalue weighted by molar-refractivity contribution is -0.134. The van der Waals surface area contributed by atoms with Crippen molar-refractivity contribution in [2.45, 2.75) is 83.9 Å². The maximum atomic E-state index is 12.7. The molecule has 0 aromatic heterocycles. The molecule has 4 nitrogen and oxygen atoms in total. The molecule has 0 spiro atoms. The van der Waals surface area contributed by atoms with Crippen LogP contribution in [-0.4, -0.2) is 17.3 Å². The number of benzene rings is 3. The summed E-state index contributed by atoms with van der Waals surface area (Å²) in [5, 5.41) is -0.0868. The summed E-state index contributed by atoms with van der Waals surface area (Å²) in [7, 11) is 0. The maximum Gasteiger partial charge on any atom is 0.343 e. The van der Waals surface area contributed by atoms with Gasteiger partial charge in [0.25, 0.3) is 0 Å². The van der Waals surface area contributed by atoms with Gasteiger partial charge in [-0.05, 0) is 71.8 Å². The fourth-order valence-electron chi connectivity index (χ4n) is 4.37. The van der Waals surface area contributed by atoms with E-state index in [-0.39, 0.29) is 5.92 Å². The minimum atomic E-state index is -0.691. The van der Waals surface area contributed by atoms with Gasteiger partial charge in [-0.25, -0.2) is 4.79 Å². The van der Waals surface area contributed by atoms with E-state index in [1.807, 2.05) is 44.2 Å². The van der Waals surface area contributed by atoms with Gasteiger partial charge < -0.3 is 9.47 Å². The summed E-state index contributed by atoms with van der Waals surface area (Å²) in [6.45, 7) is 5.98. The van der Waals surface area contributed by atoms with Crippen LogP contribution in [0.3, 0.4) is 0 Å². The third-order valence-corrected chi connectivity index (χ3v) is 7.90. The van der Waals surface area contributed by atoms with E-state index in [0.29, 0.717) is 22.1 Å². The van der Waals surface area contributed by atoms with E-state index >= 15 is 0 Å². The minimum Gasteiger partial charge on any atom is -0.425 e. The number of carbonyl (C=O) groups excluding carboxylic acids is 2. The molecule has 0 aliphatic carbocycles. The second-order valence-corrected chi connectivity index (χ2v) is 11.4. The van der Waals surface area contributed by atoms with Gasteiger partial charge in [-0.3, -0.25) is 4.79 Å². The van der Waals surface area contributed by atoms with Gasteiger partial charge in [0.15, 0.2) is 0 Å². The molecule has 6 heteroatoms. The third-order valence-electron chi connectivity index (χ3n) is 6.87. The standard InChI is InChI=1S/C34H40Cl2O4/c1-4-5-6-7-8-9-10-11-12-27-13-14-28(23-31(27)35)33(37)39-29-19-15-25(16-20-29)26-17-21-30(22-18-26)40-34(38)32(36)24(2)3/h13-24,32H,4-12H2,1-3H3. The Morgan fingerprint density at radius 3 is 1.77 bits per heavy atom. The van der Waals surface area contributed by atoms with Gasteiger partial charge in [-0.2, -0.15) is 0 Å². The molecule has 0 saturated heterocycles. The molecule has 1 unspecified atom stereocenters. The summed E-state index contributed by atoms with van der Waals surface area (Å²) in [4.78, 5) is 24.8. The Labute approximate surface area is 249 Å². The van der Waals surface area contributed by atoms with Gasteiger partial charge in [0, 0.05) is 5.02 Å². The summed E-state index contributed by atoms with van der Waals surface area (Å²) in [6.07, 6.45) is 11.1. The molecule has 0 heterocycles. The molecular formula is C34H40Cl2O4. The summed E-state index contributed by atoms with van der Waals surface area (Å²) >= 11 is 12.6. The summed E-state index contributed by atoms with van der Waals surface area (Å²) in [5.74, 6) is -0.0382. The van der Waals surface area contributed by atoms with E-state index in [9.17, 15) is 9.59 Å². The number of hydrogen-bond acceptors (Lipinski definition) is 4. The van der Waals surface area contributed by atoms with Crippen molar-refractivity contribution in [1.29, 1.82) is 0 Å². The Morgan fingerprint density at radius 2 is 1.25 bits per heavy atom. The van der Waals surface area contributed by atoms with Crippen LogP contribution in [0.2, 0.25) is 5.02 Å².